The van der Waals surface area contributed by atoms with Gasteiger partial charge in [0.2, 0.25) is 5.91 Å². The Hall–Kier alpha value is -1.35. The summed E-state index contributed by atoms with van der Waals surface area (Å²) < 4.78 is 0. The van der Waals surface area contributed by atoms with E-state index in [1.165, 1.54) is 0 Å². The number of hydrogen-bond acceptors (Lipinski definition) is 2. The van der Waals surface area contributed by atoms with Gasteiger partial charge in [-0.15, -0.1) is 0 Å². The Kier molecular flexibility index (Phi) is 5.86. The Labute approximate surface area is 110 Å². The molecule has 1 atom stereocenters. The van der Waals surface area contributed by atoms with Crippen LogP contribution in [0.5, 0.6) is 0 Å². The van der Waals surface area contributed by atoms with Gasteiger partial charge < -0.3 is 10.6 Å². The molecule has 0 fully saturated rings. The molecular weight excluding hydrogens is 224 g/mol. The molecule has 1 aromatic rings. The highest BCUT2D eigenvalue weighted by Gasteiger charge is 2.16. The van der Waals surface area contributed by atoms with E-state index in [2.05, 4.69) is 13.0 Å². The fourth-order valence-electron chi connectivity index (χ4n) is 2.14. The second-order valence-electron chi connectivity index (χ2n) is 4.91. The maximum atomic E-state index is 12.1. The lowest BCUT2D eigenvalue weighted by atomic mass is 10.0. The van der Waals surface area contributed by atoms with E-state index in [1.54, 1.807) is 4.90 Å². The van der Waals surface area contributed by atoms with Crippen molar-refractivity contribution in [3.05, 3.63) is 35.4 Å². The van der Waals surface area contributed by atoms with Crippen LogP contribution in [0.2, 0.25) is 0 Å². The van der Waals surface area contributed by atoms with Crippen LogP contribution in [0.1, 0.15) is 37.8 Å². The third-order valence-corrected chi connectivity index (χ3v) is 3.17. The van der Waals surface area contributed by atoms with Crippen LogP contribution < -0.4 is 5.73 Å². The zero-order valence-electron chi connectivity index (χ0n) is 11.6. The van der Waals surface area contributed by atoms with Crippen molar-refractivity contribution >= 4 is 5.91 Å². The standard InChI is InChI=1S/C15H24N2O/c1-4-6-12(2)15(18)17(3)11-14-8-5-7-13(9-14)10-16/h5,7-9,12H,4,6,10-11,16H2,1-3H3. The summed E-state index contributed by atoms with van der Waals surface area (Å²) in [4.78, 5) is 13.9. The molecule has 0 heterocycles. The third kappa shape index (κ3) is 4.15. The number of carbonyl (C=O) groups excluding carboxylic acids is 1. The molecule has 0 bridgehead atoms. The molecule has 0 saturated carbocycles. The summed E-state index contributed by atoms with van der Waals surface area (Å²) in [5.74, 6) is 0.327. The van der Waals surface area contributed by atoms with Crippen molar-refractivity contribution in [2.75, 3.05) is 7.05 Å². The van der Waals surface area contributed by atoms with Crippen LogP contribution in [0.4, 0.5) is 0 Å². The quantitative estimate of drug-likeness (QED) is 0.841. The van der Waals surface area contributed by atoms with E-state index in [1.807, 2.05) is 32.2 Å². The van der Waals surface area contributed by atoms with Gasteiger partial charge in [0.15, 0.2) is 0 Å². The molecule has 1 unspecified atom stereocenters. The first-order chi connectivity index (χ1) is 8.58. The van der Waals surface area contributed by atoms with Crippen molar-refractivity contribution in [2.45, 2.75) is 39.8 Å². The summed E-state index contributed by atoms with van der Waals surface area (Å²) in [6, 6.07) is 8.10. The molecule has 3 heteroatoms. The summed E-state index contributed by atoms with van der Waals surface area (Å²) in [5.41, 5.74) is 7.86. The summed E-state index contributed by atoms with van der Waals surface area (Å²) in [6.45, 7) is 5.30. The number of amides is 1. The Morgan fingerprint density at radius 2 is 2.06 bits per heavy atom. The summed E-state index contributed by atoms with van der Waals surface area (Å²) in [5, 5.41) is 0. The Balaban J connectivity index is 2.63. The second kappa shape index (κ2) is 7.17. The summed E-state index contributed by atoms with van der Waals surface area (Å²) in [6.07, 6.45) is 2.00. The number of rotatable bonds is 6. The van der Waals surface area contributed by atoms with Crippen molar-refractivity contribution in [1.29, 1.82) is 0 Å². The Bertz CT molecular complexity index is 390. The summed E-state index contributed by atoms with van der Waals surface area (Å²) >= 11 is 0. The van der Waals surface area contributed by atoms with Gasteiger partial charge in [0, 0.05) is 26.1 Å². The number of hydrogen-bond donors (Lipinski definition) is 1. The van der Waals surface area contributed by atoms with Crippen molar-refractivity contribution in [3.63, 3.8) is 0 Å². The molecule has 100 valence electrons. The SMILES string of the molecule is CCCC(C)C(=O)N(C)Cc1cccc(CN)c1. The molecule has 0 aliphatic carbocycles. The van der Waals surface area contributed by atoms with Crippen LogP contribution in [0, 0.1) is 5.92 Å². The molecule has 0 aliphatic rings. The molecular formula is C15H24N2O. The lowest BCUT2D eigenvalue weighted by Crippen LogP contribution is -2.31. The second-order valence-corrected chi connectivity index (χ2v) is 4.91. The minimum Gasteiger partial charge on any atom is -0.341 e. The van der Waals surface area contributed by atoms with Crippen molar-refractivity contribution < 1.29 is 4.79 Å². The van der Waals surface area contributed by atoms with Gasteiger partial charge in [-0.05, 0) is 17.5 Å². The van der Waals surface area contributed by atoms with Gasteiger partial charge in [0.1, 0.15) is 0 Å². The maximum absolute atomic E-state index is 12.1. The van der Waals surface area contributed by atoms with Crippen LogP contribution in [0.3, 0.4) is 0 Å². The van der Waals surface area contributed by atoms with Crippen molar-refractivity contribution in [1.82, 2.24) is 4.90 Å². The molecule has 0 spiro atoms. The first kappa shape index (κ1) is 14.7. The number of carbonyl (C=O) groups is 1. The zero-order valence-corrected chi connectivity index (χ0v) is 11.6. The molecule has 3 nitrogen and oxygen atoms in total. The minimum atomic E-state index is 0.109. The van der Waals surface area contributed by atoms with Gasteiger partial charge in [0.25, 0.3) is 0 Å². The fourth-order valence-corrected chi connectivity index (χ4v) is 2.14. The van der Waals surface area contributed by atoms with Crippen LogP contribution in [-0.2, 0) is 17.9 Å². The fraction of sp³-hybridized carbons (Fsp3) is 0.533. The predicted octanol–water partition coefficient (Wildman–Crippen LogP) is 2.54. The van der Waals surface area contributed by atoms with E-state index in [4.69, 9.17) is 5.73 Å². The topological polar surface area (TPSA) is 46.3 Å². The van der Waals surface area contributed by atoms with E-state index < -0.39 is 0 Å². The molecule has 1 rings (SSSR count). The summed E-state index contributed by atoms with van der Waals surface area (Å²) in [7, 11) is 1.86. The highest BCUT2D eigenvalue weighted by Crippen LogP contribution is 2.12. The molecule has 0 radical (unpaired) electrons. The molecule has 2 N–H and O–H groups in total. The molecule has 0 aliphatic heterocycles. The van der Waals surface area contributed by atoms with Crippen LogP contribution in [0.15, 0.2) is 24.3 Å². The van der Waals surface area contributed by atoms with E-state index in [0.29, 0.717) is 13.1 Å². The van der Waals surface area contributed by atoms with Crippen LogP contribution >= 0.6 is 0 Å². The molecule has 0 saturated heterocycles. The van der Waals surface area contributed by atoms with Gasteiger partial charge >= 0.3 is 0 Å². The Morgan fingerprint density at radius 3 is 2.67 bits per heavy atom. The van der Waals surface area contributed by atoms with E-state index in [0.717, 1.165) is 24.0 Å². The molecule has 1 aromatic carbocycles. The largest absolute Gasteiger partial charge is 0.341 e. The normalized spacial score (nSPS) is 12.2. The van der Waals surface area contributed by atoms with E-state index in [9.17, 15) is 4.79 Å². The molecule has 1 amide bonds. The number of nitrogens with two attached hydrogens (primary N) is 1. The number of nitrogens with zero attached hydrogens (tertiary/aromatic N) is 1. The Morgan fingerprint density at radius 1 is 1.39 bits per heavy atom. The van der Waals surface area contributed by atoms with Crippen LogP contribution in [-0.4, -0.2) is 17.9 Å². The number of benzene rings is 1. The van der Waals surface area contributed by atoms with Gasteiger partial charge in [0.05, 0.1) is 0 Å². The predicted molar refractivity (Wildman–Crippen MR) is 74.9 cm³/mol. The van der Waals surface area contributed by atoms with Gasteiger partial charge in [-0.1, -0.05) is 44.5 Å². The van der Waals surface area contributed by atoms with Crippen LogP contribution in [0.25, 0.3) is 0 Å². The van der Waals surface area contributed by atoms with Gasteiger partial charge in [-0.25, -0.2) is 0 Å². The average molecular weight is 248 g/mol. The first-order valence-corrected chi connectivity index (χ1v) is 6.61. The zero-order chi connectivity index (χ0) is 13.5. The van der Waals surface area contributed by atoms with Crippen molar-refractivity contribution in [2.24, 2.45) is 11.7 Å². The first-order valence-electron chi connectivity index (χ1n) is 6.61. The van der Waals surface area contributed by atoms with Crippen molar-refractivity contribution in [3.8, 4) is 0 Å². The van der Waals surface area contributed by atoms with E-state index >= 15 is 0 Å². The van der Waals surface area contributed by atoms with E-state index in [-0.39, 0.29) is 11.8 Å². The average Bonchev–Trinajstić information content (AvgIpc) is 2.38. The maximum Gasteiger partial charge on any atom is 0.225 e. The minimum absolute atomic E-state index is 0.109. The third-order valence-electron chi connectivity index (χ3n) is 3.17. The lowest BCUT2D eigenvalue weighted by Gasteiger charge is -2.21. The highest BCUT2D eigenvalue weighted by molar-refractivity contribution is 5.78. The monoisotopic (exact) mass is 248 g/mol. The van der Waals surface area contributed by atoms with Gasteiger partial charge in [-0.2, -0.15) is 0 Å². The van der Waals surface area contributed by atoms with Gasteiger partial charge in [-0.3, -0.25) is 4.79 Å². The lowest BCUT2D eigenvalue weighted by molar-refractivity contribution is -0.134. The highest BCUT2D eigenvalue weighted by atomic mass is 16.2. The molecule has 18 heavy (non-hydrogen) atoms. The smallest absolute Gasteiger partial charge is 0.225 e. The molecule has 0 aromatic heterocycles.